The van der Waals surface area contributed by atoms with E-state index in [2.05, 4.69) is 29.6 Å². The fraction of sp³-hybridized carbons (Fsp3) is 0.294. The third-order valence-corrected chi connectivity index (χ3v) is 4.21. The number of rotatable bonds is 3. The average Bonchev–Trinajstić information content (AvgIpc) is 2.49. The van der Waals surface area contributed by atoms with Crippen LogP contribution in [0.4, 0.5) is 5.69 Å². The van der Waals surface area contributed by atoms with E-state index in [4.69, 9.17) is 16.3 Å². The normalized spacial score (nSPS) is 17.4. The van der Waals surface area contributed by atoms with E-state index in [0.717, 1.165) is 35.7 Å². The van der Waals surface area contributed by atoms with E-state index in [1.807, 2.05) is 18.2 Å². The highest BCUT2D eigenvalue weighted by molar-refractivity contribution is 6.33. The topological polar surface area (TPSA) is 21.3 Å². The van der Waals surface area contributed by atoms with Gasteiger partial charge in [0.15, 0.2) is 0 Å². The predicted molar refractivity (Wildman–Crippen MR) is 83.9 cm³/mol. The molecule has 1 unspecified atom stereocenters. The molecule has 0 saturated carbocycles. The molecule has 2 aromatic carbocycles. The molecule has 104 valence electrons. The van der Waals surface area contributed by atoms with Crippen LogP contribution in [-0.4, -0.2) is 13.2 Å². The number of hydrogen-bond donors (Lipinski definition) is 1. The van der Waals surface area contributed by atoms with Gasteiger partial charge < -0.3 is 10.1 Å². The zero-order valence-electron chi connectivity index (χ0n) is 11.5. The Morgan fingerprint density at radius 1 is 1.15 bits per heavy atom. The molecule has 0 saturated heterocycles. The lowest BCUT2D eigenvalue weighted by Crippen LogP contribution is -2.27. The Morgan fingerprint density at radius 3 is 2.75 bits per heavy atom. The highest BCUT2D eigenvalue weighted by Crippen LogP contribution is 2.30. The monoisotopic (exact) mass is 287 g/mol. The minimum absolute atomic E-state index is 0.425. The van der Waals surface area contributed by atoms with Gasteiger partial charge in [0.1, 0.15) is 5.75 Å². The quantitative estimate of drug-likeness (QED) is 0.908. The van der Waals surface area contributed by atoms with Gasteiger partial charge in [0, 0.05) is 12.1 Å². The lowest BCUT2D eigenvalue weighted by Gasteiger charge is -2.26. The molecule has 0 spiro atoms. The Morgan fingerprint density at radius 2 is 1.95 bits per heavy atom. The Hall–Kier alpha value is -1.67. The third kappa shape index (κ3) is 2.75. The van der Waals surface area contributed by atoms with Crippen molar-refractivity contribution in [2.45, 2.75) is 25.3 Å². The van der Waals surface area contributed by atoms with E-state index < -0.39 is 0 Å². The average molecular weight is 288 g/mol. The largest absolute Gasteiger partial charge is 0.497 e. The summed E-state index contributed by atoms with van der Waals surface area (Å²) < 4.78 is 5.26. The summed E-state index contributed by atoms with van der Waals surface area (Å²) in [4.78, 5) is 0. The lowest BCUT2D eigenvalue weighted by molar-refractivity contribution is 0.415. The summed E-state index contributed by atoms with van der Waals surface area (Å²) in [5, 5.41) is 4.29. The van der Waals surface area contributed by atoms with Gasteiger partial charge >= 0.3 is 0 Å². The van der Waals surface area contributed by atoms with Crippen molar-refractivity contribution in [1.29, 1.82) is 0 Å². The highest BCUT2D eigenvalue weighted by atomic mass is 35.5. The van der Waals surface area contributed by atoms with E-state index >= 15 is 0 Å². The molecule has 0 amide bonds. The SMILES string of the molecule is COc1ccc(Cl)c(NC2CCc3ccccc3C2)c1. The van der Waals surface area contributed by atoms with Crippen LogP contribution in [0.3, 0.4) is 0 Å². The lowest BCUT2D eigenvalue weighted by atomic mass is 9.88. The molecular formula is C17H18ClNO. The van der Waals surface area contributed by atoms with Crippen molar-refractivity contribution in [1.82, 2.24) is 0 Å². The van der Waals surface area contributed by atoms with Crippen molar-refractivity contribution in [2.75, 3.05) is 12.4 Å². The standard InChI is InChI=1S/C17H18ClNO/c1-20-15-8-9-16(18)17(11-15)19-14-7-6-12-4-2-3-5-13(12)10-14/h2-5,8-9,11,14,19H,6-7,10H2,1H3. The smallest absolute Gasteiger partial charge is 0.121 e. The maximum atomic E-state index is 6.25. The van der Waals surface area contributed by atoms with Crippen LogP contribution in [0.2, 0.25) is 5.02 Å². The molecule has 0 fully saturated rings. The molecule has 0 radical (unpaired) electrons. The Kier molecular flexibility index (Phi) is 3.83. The molecular weight excluding hydrogens is 270 g/mol. The van der Waals surface area contributed by atoms with Crippen molar-refractivity contribution in [3.8, 4) is 5.75 Å². The van der Waals surface area contributed by atoms with Crippen molar-refractivity contribution < 1.29 is 4.74 Å². The van der Waals surface area contributed by atoms with Crippen LogP contribution in [0.5, 0.6) is 5.75 Å². The molecule has 3 rings (SSSR count). The fourth-order valence-electron chi connectivity index (χ4n) is 2.78. The number of nitrogens with one attached hydrogen (secondary N) is 1. The highest BCUT2D eigenvalue weighted by Gasteiger charge is 2.18. The zero-order chi connectivity index (χ0) is 13.9. The number of fused-ring (bicyclic) bond motifs is 1. The van der Waals surface area contributed by atoms with Crippen LogP contribution >= 0.6 is 11.6 Å². The van der Waals surface area contributed by atoms with Gasteiger partial charge in [-0.1, -0.05) is 35.9 Å². The molecule has 0 bridgehead atoms. The number of benzene rings is 2. The Bertz CT molecular complexity index is 612. The molecule has 0 aliphatic heterocycles. The number of aryl methyl sites for hydroxylation is 1. The second-order valence-corrected chi connectivity index (χ2v) is 5.61. The summed E-state index contributed by atoms with van der Waals surface area (Å²) >= 11 is 6.25. The van der Waals surface area contributed by atoms with Gasteiger partial charge in [-0.05, 0) is 42.5 Å². The maximum absolute atomic E-state index is 6.25. The number of methoxy groups -OCH3 is 1. The number of halogens is 1. The number of anilines is 1. The molecule has 20 heavy (non-hydrogen) atoms. The first-order chi connectivity index (χ1) is 9.76. The van der Waals surface area contributed by atoms with Crippen molar-refractivity contribution in [2.24, 2.45) is 0 Å². The first-order valence-corrected chi connectivity index (χ1v) is 7.31. The van der Waals surface area contributed by atoms with Gasteiger partial charge in [0.25, 0.3) is 0 Å². The van der Waals surface area contributed by atoms with Gasteiger partial charge in [0.2, 0.25) is 0 Å². The van der Waals surface area contributed by atoms with Crippen LogP contribution in [0.1, 0.15) is 17.5 Å². The number of ether oxygens (including phenoxy) is 1. The summed E-state index contributed by atoms with van der Waals surface area (Å²) in [6, 6.07) is 14.8. The summed E-state index contributed by atoms with van der Waals surface area (Å²) in [6.45, 7) is 0. The molecule has 1 aliphatic carbocycles. The minimum Gasteiger partial charge on any atom is -0.497 e. The van der Waals surface area contributed by atoms with Gasteiger partial charge in [0.05, 0.1) is 17.8 Å². The summed E-state index contributed by atoms with van der Waals surface area (Å²) in [5.74, 6) is 0.827. The van der Waals surface area contributed by atoms with E-state index in [0.29, 0.717) is 6.04 Å². The summed E-state index contributed by atoms with van der Waals surface area (Å²) in [5.41, 5.74) is 3.87. The molecule has 1 atom stereocenters. The van der Waals surface area contributed by atoms with Crippen molar-refractivity contribution >= 4 is 17.3 Å². The number of hydrogen-bond acceptors (Lipinski definition) is 2. The van der Waals surface area contributed by atoms with Crippen molar-refractivity contribution in [3.63, 3.8) is 0 Å². The van der Waals surface area contributed by atoms with Crippen molar-refractivity contribution in [3.05, 3.63) is 58.6 Å². The minimum atomic E-state index is 0.425. The first kappa shape index (κ1) is 13.3. The molecule has 2 nitrogen and oxygen atoms in total. The molecule has 1 N–H and O–H groups in total. The first-order valence-electron chi connectivity index (χ1n) is 6.93. The van der Waals surface area contributed by atoms with E-state index in [1.165, 1.54) is 11.1 Å². The van der Waals surface area contributed by atoms with Gasteiger partial charge in [-0.2, -0.15) is 0 Å². The molecule has 0 heterocycles. The molecule has 0 aromatic heterocycles. The molecule has 2 aromatic rings. The van der Waals surface area contributed by atoms with Gasteiger partial charge in [-0.25, -0.2) is 0 Å². The predicted octanol–water partition coefficient (Wildman–Crippen LogP) is 4.32. The zero-order valence-corrected chi connectivity index (χ0v) is 12.3. The summed E-state index contributed by atoms with van der Waals surface area (Å²) in [6.07, 6.45) is 3.30. The van der Waals surface area contributed by atoms with Gasteiger partial charge in [-0.15, -0.1) is 0 Å². The maximum Gasteiger partial charge on any atom is 0.121 e. The van der Waals surface area contributed by atoms with Crippen LogP contribution in [-0.2, 0) is 12.8 Å². The second kappa shape index (κ2) is 5.76. The van der Waals surface area contributed by atoms with Gasteiger partial charge in [-0.3, -0.25) is 0 Å². The summed E-state index contributed by atoms with van der Waals surface area (Å²) in [7, 11) is 1.67. The van der Waals surface area contributed by atoms with E-state index in [9.17, 15) is 0 Å². The van der Waals surface area contributed by atoms with E-state index in [1.54, 1.807) is 7.11 Å². The second-order valence-electron chi connectivity index (χ2n) is 5.20. The molecule has 3 heteroatoms. The Balaban J connectivity index is 1.76. The van der Waals surface area contributed by atoms with Crippen LogP contribution < -0.4 is 10.1 Å². The van der Waals surface area contributed by atoms with Crippen LogP contribution in [0, 0.1) is 0 Å². The fourth-order valence-corrected chi connectivity index (χ4v) is 2.95. The Labute approximate surface area is 124 Å². The van der Waals surface area contributed by atoms with Crippen LogP contribution in [0.25, 0.3) is 0 Å². The van der Waals surface area contributed by atoms with Crippen LogP contribution in [0.15, 0.2) is 42.5 Å². The van der Waals surface area contributed by atoms with E-state index in [-0.39, 0.29) is 0 Å². The third-order valence-electron chi connectivity index (χ3n) is 3.88. The molecule has 1 aliphatic rings.